The maximum Gasteiger partial charge on any atom is 0.0221 e. The topological polar surface area (TPSA) is 60.1 Å². The van der Waals surface area contributed by atoms with Crippen molar-refractivity contribution in [3.8, 4) is 0 Å². The molecule has 0 aromatic heterocycles. The Hall–Kier alpha value is -0.200. The van der Waals surface area contributed by atoms with Crippen LogP contribution in [-0.2, 0) is 0 Å². The molecule has 0 amide bonds. The maximum atomic E-state index is 3.86. The van der Waals surface area contributed by atoms with E-state index in [-0.39, 0.29) is 0 Å². The number of piperidine rings is 1. The zero-order valence-electron chi connectivity index (χ0n) is 13.2. The fourth-order valence-electron chi connectivity index (χ4n) is 3.28. The summed E-state index contributed by atoms with van der Waals surface area (Å²) in [6, 6.07) is 2.33. The molecule has 0 spiro atoms. The van der Waals surface area contributed by atoms with Gasteiger partial charge >= 0.3 is 0 Å². The van der Waals surface area contributed by atoms with Crippen LogP contribution in [0.3, 0.4) is 0 Å². The summed E-state index contributed by atoms with van der Waals surface area (Å²) in [7, 11) is 0. The first-order chi connectivity index (χ1) is 9.77. The van der Waals surface area contributed by atoms with Crippen LogP contribution in [-0.4, -0.2) is 63.4 Å². The lowest BCUT2D eigenvalue weighted by molar-refractivity contribution is 0.238. The largest absolute Gasteiger partial charge is 0.314 e. The molecule has 0 aromatic carbocycles. The lowest BCUT2D eigenvalue weighted by Gasteiger charge is -2.38. The summed E-state index contributed by atoms with van der Waals surface area (Å²) in [5.74, 6) is 0. The van der Waals surface area contributed by atoms with Crippen LogP contribution >= 0.6 is 0 Å². The molecule has 5 heteroatoms. The zero-order valence-corrected chi connectivity index (χ0v) is 13.2. The zero-order chi connectivity index (χ0) is 14.2. The Morgan fingerprint density at radius 1 is 0.650 bits per heavy atom. The van der Waals surface area contributed by atoms with Gasteiger partial charge in [-0.1, -0.05) is 6.42 Å². The summed E-state index contributed by atoms with van der Waals surface area (Å²) in [4.78, 5) is 0. The van der Waals surface area contributed by atoms with Gasteiger partial charge in [0, 0.05) is 63.4 Å². The van der Waals surface area contributed by atoms with Crippen molar-refractivity contribution in [2.24, 2.45) is 0 Å². The summed E-state index contributed by atoms with van der Waals surface area (Å²) in [5, 5.41) is 18.1. The van der Waals surface area contributed by atoms with Crippen molar-refractivity contribution in [2.75, 3.05) is 39.3 Å². The highest BCUT2D eigenvalue weighted by Gasteiger charge is 2.27. The number of hydrogen-bond acceptors (Lipinski definition) is 5. The number of rotatable bonds is 0. The molecule has 0 aromatic rings. The van der Waals surface area contributed by atoms with Gasteiger partial charge < -0.3 is 26.6 Å². The van der Waals surface area contributed by atoms with E-state index < -0.39 is 0 Å². The standard InChI is InChI=1S/C15H33N5/c1-12-14-4-3-5-15(20-14)13(2)19-11-9-17-7-6-16-8-10-18-12/h12-20H,3-11H2,1-2H3. The Kier molecular flexibility index (Phi) is 7.24. The van der Waals surface area contributed by atoms with Gasteiger partial charge in [0.15, 0.2) is 0 Å². The smallest absolute Gasteiger partial charge is 0.0221 e. The average molecular weight is 283 g/mol. The highest BCUT2D eigenvalue weighted by molar-refractivity contribution is 4.91. The Balaban J connectivity index is 1.87. The van der Waals surface area contributed by atoms with Gasteiger partial charge in [0.25, 0.3) is 0 Å². The molecule has 2 fully saturated rings. The fraction of sp³-hybridized carbons (Fsp3) is 1.00. The van der Waals surface area contributed by atoms with Crippen molar-refractivity contribution in [1.82, 2.24) is 26.6 Å². The quantitative estimate of drug-likeness (QED) is 0.421. The van der Waals surface area contributed by atoms with Crippen molar-refractivity contribution in [2.45, 2.75) is 57.3 Å². The van der Waals surface area contributed by atoms with Gasteiger partial charge in [0.1, 0.15) is 0 Å². The van der Waals surface area contributed by atoms with E-state index in [0.717, 1.165) is 39.3 Å². The van der Waals surface area contributed by atoms with Crippen LogP contribution in [0.1, 0.15) is 33.1 Å². The molecule has 4 unspecified atom stereocenters. The molecule has 0 aliphatic carbocycles. The Bertz CT molecular complexity index is 237. The van der Waals surface area contributed by atoms with E-state index in [1.807, 2.05) is 0 Å². The van der Waals surface area contributed by atoms with E-state index in [1.54, 1.807) is 0 Å². The maximum absolute atomic E-state index is 3.86. The van der Waals surface area contributed by atoms with E-state index in [4.69, 9.17) is 0 Å². The number of hydrogen-bond donors (Lipinski definition) is 5. The molecule has 2 aliphatic heterocycles. The summed E-state index contributed by atoms with van der Waals surface area (Å²) < 4.78 is 0. The molecule has 4 atom stereocenters. The summed E-state index contributed by atoms with van der Waals surface area (Å²) >= 11 is 0. The van der Waals surface area contributed by atoms with E-state index in [9.17, 15) is 0 Å². The summed E-state index contributed by atoms with van der Waals surface area (Å²) in [6.07, 6.45) is 3.94. The molecular formula is C15H33N5. The SMILES string of the molecule is CC1NCCNCCNCCNC(C)C2CCCC1N2. The molecule has 2 bridgehead atoms. The minimum absolute atomic E-state index is 0.551. The van der Waals surface area contributed by atoms with E-state index in [1.165, 1.54) is 19.3 Å². The minimum Gasteiger partial charge on any atom is -0.314 e. The van der Waals surface area contributed by atoms with Crippen LogP contribution in [0.15, 0.2) is 0 Å². The van der Waals surface area contributed by atoms with Crippen LogP contribution in [0.5, 0.6) is 0 Å². The molecule has 20 heavy (non-hydrogen) atoms. The third-order valence-corrected chi connectivity index (χ3v) is 4.68. The number of fused-ring (bicyclic) bond motifs is 2. The molecule has 0 radical (unpaired) electrons. The lowest BCUT2D eigenvalue weighted by atomic mass is 9.91. The lowest BCUT2D eigenvalue weighted by Crippen LogP contribution is -2.58. The fourth-order valence-corrected chi connectivity index (χ4v) is 3.28. The van der Waals surface area contributed by atoms with Crippen molar-refractivity contribution < 1.29 is 0 Å². The highest BCUT2D eigenvalue weighted by Crippen LogP contribution is 2.17. The first kappa shape index (κ1) is 16.2. The second-order valence-electron chi connectivity index (χ2n) is 6.30. The van der Waals surface area contributed by atoms with E-state index in [0.29, 0.717) is 24.2 Å². The molecule has 118 valence electrons. The molecule has 2 rings (SSSR count). The summed E-state index contributed by atoms with van der Waals surface area (Å²) in [5.41, 5.74) is 0. The number of nitrogens with one attached hydrogen (secondary N) is 5. The van der Waals surface area contributed by atoms with Gasteiger partial charge in [-0.05, 0) is 26.7 Å². The molecular weight excluding hydrogens is 250 g/mol. The first-order valence-electron chi connectivity index (χ1n) is 8.41. The molecule has 0 saturated carbocycles. The van der Waals surface area contributed by atoms with Crippen LogP contribution in [0, 0.1) is 0 Å². The van der Waals surface area contributed by atoms with Crippen LogP contribution in [0.4, 0.5) is 0 Å². The van der Waals surface area contributed by atoms with Crippen LogP contribution in [0.25, 0.3) is 0 Å². The van der Waals surface area contributed by atoms with E-state index in [2.05, 4.69) is 40.4 Å². The molecule has 2 heterocycles. The molecule has 5 N–H and O–H groups in total. The van der Waals surface area contributed by atoms with Gasteiger partial charge in [-0.25, -0.2) is 0 Å². The second-order valence-corrected chi connectivity index (χ2v) is 6.30. The Morgan fingerprint density at radius 3 is 1.60 bits per heavy atom. The Morgan fingerprint density at radius 2 is 1.10 bits per heavy atom. The highest BCUT2D eigenvalue weighted by atomic mass is 15.1. The monoisotopic (exact) mass is 283 g/mol. The van der Waals surface area contributed by atoms with Gasteiger partial charge in [-0.15, -0.1) is 0 Å². The second kappa shape index (κ2) is 8.95. The predicted molar refractivity (Wildman–Crippen MR) is 85.2 cm³/mol. The van der Waals surface area contributed by atoms with Crippen molar-refractivity contribution >= 4 is 0 Å². The van der Waals surface area contributed by atoms with Crippen LogP contribution in [0.2, 0.25) is 0 Å². The van der Waals surface area contributed by atoms with E-state index >= 15 is 0 Å². The molecule has 2 aliphatic rings. The molecule has 5 nitrogen and oxygen atoms in total. The van der Waals surface area contributed by atoms with Gasteiger partial charge in [-0.2, -0.15) is 0 Å². The molecule has 2 saturated heterocycles. The minimum atomic E-state index is 0.551. The van der Waals surface area contributed by atoms with Crippen molar-refractivity contribution in [3.63, 3.8) is 0 Å². The third-order valence-electron chi connectivity index (χ3n) is 4.68. The van der Waals surface area contributed by atoms with Crippen LogP contribution < -0.4 is 26.6 Å². The van der Waals surface area contributed by atoms with Crippen molar-refractivity contribution in [1.29, 1.82) is 0 Å². The van der Waals surface area contributed by atoms with Gasteiger partial charge in [0.05, 0.1) is 0 Å². The third kappa shape index (κ3) is 5.30. The first-order valence-corrected chi connectivity index (χ1v) is 8.41. The Labute approximate surface area is 124 Å². The van der Waals surface area contributed by atoms with Gasteiger partial charge in [-0.3, -0.25) is 0 Å². The van der Waals surface area contributed by atoms with Crippen molar-refractivity contribution in [3.05, 3.63) is 0 Å². The predicted octanol–water partition coefficient (Wildman–Crippen LogP) is -0.354. The van der Waals surface area contributed by atoms with Gasteiger partial charge in [0.2, 0.25) is 0 Å². The normalized spacial score (nSPS) is 38.7. The average Bonchev–Trinajstić information content (AvgIpc) is 2.48. The summed E-state index contributed by atoms with van der Waals surface area (Å²) in [6.45, 7) is 10.9.